The number of nitrogens with one attached hydrogen (secondary N) is 1. The molecule has 0 aliphatic carbocycles. The van der Waals surface area contributed by atoms with E-state index in [1.807, 2.05) is 12.1 Å². The molecule has 0 saturated heterocycles. The van der Waals surface area contributed by atoms with Crippen LogP contribution in [0, 0.1) is 0 Å². The van der Waals surface area contributed by atoms with Crippen molar-refractivity contribution in [3.8, 4) is 11.5 Å². The standard InChI is InChI=1S/C14H14BrClN2O2/c1-19-12-6-9(17)11(7-13(12)20-2)18-10-5-3-4-8(16)14(10)15/h3-7,18H,17H2,1-2H3. The third-order valence-electron chi connectivity index (χ3n) is 2.78. The van der Waals surface area contributed by atoms with Gasteiger partial charge in [-0.15, -0.1) is 0 Å². The summed E-state index contributed by atoms with van der Waals surface area (Å²) in [5, 5.41) is 3.83. The average molecular weight is 358 g/mol. The van der Waals surface area contributed by atoms with E-state index in [2.05, 4.69) is 21.2 Å². The van der Waals surface area contributed by atoms with Gasteiger partial charge in [-0.1, -0.05) is 17.7 Å². The maximum absolute atomic E-state index is 6.06. The minimum Gasteiger partial charge on any atom is -0.493 e. The van der Waals surface area contributed by atoms with Crippen molar-refractivity contribution in [3.05, 3.63) is 39.8 Å². The number of benzene rings is 2. The summed E-state index contributed by atoms with van der Waals surface area (Å²) in [4.78, 5) is 0. The lowest BCUT2D eigenvalue weighted by Gasteiger charge is -2.15. The second-order valence-corrected chi connectivity index (χ2v) is 5.22. The molecule has 0 radical (unpaired) electrons. The molecule has 0 aliphatic rings. The average Bonchev–Trinajstić information content (AvgIpc) is 2.45. The predicted molar refractivity (Wildman–Crippen MR) is 86.4 cm³/mol. The van der Waals surface area contributed by atoms with E-state index < -0.39 is 0 Å². The first-order valence-electron chi connectivity index (χ1n) is 5.79. The van der Waals surface area contributed by atoms with Crippen LogP contribution < -0.4 is 20.5 Å². The highest BCUT2D eigenvalue weighted by Gasteiger charge is 2.11. The summed E-state index contributed by atoms with van der Waals surface area (Å²) in [7, 11) is 3.14. The topological polar surface area (TPSA) is 56.5 Å². The quantitative estimate of drug-likeness (QED) is 0.794. The van der Waals surface area contributed by atoms with E-state index in [9.17, 15) is 0 Å². The molecule has 0 spiro atoms. The third-order valence-corrected chi connectivity index (χ3v) is 4.17. The Morgan fingerprint density at radius 3 is 2.40 bits per heavy atom. The molecule has 4 nitrogen and oxygen atoms in total. The molecule has 0 amide bonds. The highest BCUT2D eigenvalue weighted by Crippen LogP contribution is 2.38. The Kier molecular flexibility index (Phi) is 4.62. The van der Waals surface area contributed by atoms with Crippen LogP contribution in [0.3, 0.4) is 0 Å². The molecule has 0 unspecified atom stereocenters. The Morgan fingerprint density at radius 2 is 1.75 bits per heavy atom. The number of hydrogen-bond acceptors (Lipinski definition) is 4. The van der Waals surface area contributed by atoms with Crippen molar-refractivity contribution in [1.29, 1.82) is 0 Å². The molecule has 0 aromatic heterocycles. The second kappa shape index (κ2) is 6.24. The Morgan fingerprint density at radius 1 is 1.10 bits per heavy atom. The van der Waals surface area contributed by atoms with Crippen molar-refractivity contribution in [1.82, 2.24) is 0 Å². The summed E-state index contributed by atoms with van der Waals surface area (Å²) in [6.45, 7) is 0. The Bertz CT molecular complexity index is 635. The SMILES string of the molecule is COc1cc(N)c(Nc2cccc(Cl)c2Br)cc1OC. The fraction of sp³-hybridized carbons (Fsp3) is 0.143. The van der Waals surface area contributed by atoms with Gasteiger partial charge in [-0.3, -0.25) is 0 Å². The third kappa shape index (κ3) is 2.94. The Balaban J connectivity index is 2.41. The number of halogens is 2. The number of anilines is 3. The van der Waals surface area contributed by atoms with Gasteiger partial charge < -0.3 is 20.5 Å². The van der Waals surface area contributed by atoms with Gasteiger partial charge in [0.1, 0.15) is 0 Å². The molecular formula is C14H14BrClN2O2. The van der Waals surface area contributed by atoms with Crippen molar-refractivity contribution in [3.63, 3.8) is 0 Å². The van der Waals surface area contributed by atoms with Crippen LogP contribution in [0.2, 0.25) is 5.02 Å². The van der Waals surface area contributed by atoms with E-state index in [0.29, 0.717) is 27.9 Å². The number of nitrogen functional groups attached to an aromatic ring is 1. The summed E-state index contributed by atoms with van der Waals surface area (Å²) in [6.07, 6.45) is 0. The molecule has 106 valence electrons. The summed E-state index contributed by atoms with van der Waals surface area (Å²) >= 11 is 9.50. The summed E-state index contributed by atoms with van der Waals surface area (Å²) in [5.41, 5.74) is 8.09. The summed E-state index contributed by atoms with van der Waals surface area (Å²) < 4.78 is 11.2. The summed E-state index contributed by atoms with van der Waals surface area (Å²) in [6, 6.07) is 9.04. The molecule has 0 bridgehead atoms. The number of ether oxygens (including phenoxy) is 2. The van der Waals surface area contributed by atoms with Crippen LogP contribution >= 0.6 is 27.5 Å². The van der Waals surface area contributed by atoms with Crippen LogP contribution in [0.4, 0.5) is 17.1 Å². The van der Waals surface area contributed by atoms with E-state index in [4.69, 9.17) is 26.8 Å². The first kappa shape index (κ1) is 14.8. The van der Waals surface area contributed by atoms with Gasteiger partial charge in [-0.2, -0.15) is 0 Å². The molecule has 6 heteroatoms. The number of rotatable bonds is 4. The zero-order valence-corrected chi connectivity index (χ0v) is 13.4. The lowest BCUT2D eigenvalue weighted by atomic mass is 10.2. The fourth-order valence-electron chi connectivity index (χ4n) is 1.75. The first-order valence-corrected chi connectivity index (χ1v) is 6.96. The van der Waals surface area contributed by atoms with Crippen molar-refractivity contribution >= 4 is 44.6 Å². The van der Waals surface area contributed by atoms with Gasteiger partial charge in [0.05, 0.1) is 40.8 Å². The van der Waals surface area contributed by atoms with E-state index in [1.54, 1.807) is 32.4 Å². The molecule has 0 atom stereocenters. The maximum Gasteiger partial charge on any atom is 0.162 e. The zero-order valence-electron chi connectivity index (χ0n) is 11.0. The highest BCUT2D eigenvalue weighted by atomic mass is 79.9. The molecular weight excluding hydrogens is 344 g/mol. The summed E-state index contributed by atoms with van der Waals surface area (Å²) in [5.74, 6) is 1.18. The van der Waals surface area contributed by atoms with E-state index in [0.717, 1.165) is 10.2 Å². The Hall–Kier alpha value is -1.59. The van der Waals surface area contributed by atoms with E-state index >= 15 is 0 Å². The van der Waals surface area contributed by atoms with Gasteiger partial charge in [-0.05, 0) is 28.1 Å². The van der Waals surface area contributed by atoms with Crippen LogP contribution in [0.5, 0.6) is 11.5 Å². The van der Waals surface area contributed by atoms with Gasteiger partial charge in [0.25, 0.3) is 0 Å². The molecule has 0 aliphatic heterocycles. The largest absolute Gasteiger partial charge is 0.493 e. The van der Waals surface area contributed by atoms with Crippen LogP contribution in [0.25, 0.3) is 0 Å². The molecule has 3 N–H and O–H groups in total. The van der Waals surface area contributed by atoms with Crippen LogP contribution in [0.1, 0.15) is 0 Å². The molecule has 0 heterocycles. The number of methoxy groups -OCH3 is 2. The predicted octanol–water partition coefficient (Wildman–Crippen LogP) is 4.45. The maximum atomic E-state index is 6.06. The molecule has 2 aromatic rings. The lowest BCUT2D eigenvalue weighted by molar-refractivity contribution is 0.355. The van der Waals surface area contributed by atoms with E-state index in [-0.39, 0.29) is 0 Å². The van der Waals surface area contributed by atoms with Crippen molar-refractivity contribution in [2.75, 3.05) is 25.3 Å². The zero-order chi connectivity index (χ0) is 14.7. The monoisotopic (exact) mass is 356 g/mol. The van der Waals surface area contributed by atoms with Crippen molar-refractivity contribution < 1.29 is 9.47 Å². The van der Waals surface area contributed by atoms with Crippen molar-refractivity contribution in [2.45, 2.75) is 0 Å². The van der Waals surface area contributed by atoms with Gasteiger partial charge in [0.15, 0.2) is 11.5 Å². The normalized spacial score (nSPS) is 10.2. The molecule has 0 fully saturated rings. The van der Waals surface area contributed by atoms with Crippen LogP contribution in [0.15, 0.2) is 34.8 Å². The second-order valence-electron chi connectivity index (χ2n) is 4.02. The van der Waals surface area contributed by atoms with Gasteiger partial charge in [0, 0.05) is 12.1 Å². The fourth-order valence-corrected chi connectivity index (χ4v) is 2.29. The van der Waals surface area contributed by atoms with Crippen LogP contribution in [-0.4, -0.2) is 14.2 Å². The van der Waals surface area contributed by atoms with E-state index in [1.165, 1.54) is 0 Å². The lowest BCUT2D eigenvalue weighted by Crippen LogP contribution is -2.00. The van der Waals surface area contributed by atoms with Crippen LogP contribution in [-0.2, 0) is 0 Å². The Labute approximate surface area is 131 Å². The first-order chi connectivity index (χ1) is 9.56. The highest BCUT2D eigenvalue weighted by molar-refractivity contribution is 9.10. The minimum absolute atomic E-state index is 0.550. The molecule has 2 rings (SSSR count). The van der Waals surface area contributed by atoms with Gasteiger partial charge in [0.2, 0.25) is 0 Å². The minimum atomic E-state index is 0.550. The molecule has 20 heavy (non-hydrogen) atoms. The smallest absolute Gasteiger partial charge is 0.162 e. The van der Waals surface area contributed by atoms with Crippen molar-refractivity contribution in [2.24, 2.45) is 0 Å². The molecule has 2 aromatic carbocycles. The van der Waals surface area contributed by atoms with Gasteiger partial charge >= 0.3 is 0 Å². The van der Waals surface area contributed by atoms with Gasteiger partial charge in [-0.25, -0.2) is 0 Å². The molecule has 0 saturated carbocycles. The number of nitrogens with two attached hydrogens (primary N) is 1. The number of hydrogen-bond donors (Lipinski definition) is 2.